The van der Waals surface area contributed by atoms with Crippen molar-refractivity contribution in [1.82, 2.24) is 5.32 Å². The number of aryl methyl sites for hydroxylation is 1. The van der Waals surface area contributed by atoms with E-state index in [1.165, 1.54) is 0 Å². The summed E-state index contributed by atoms with van der Waals surface area (Å²) in [7, 11) is 0. The minimum Gasteiger partial charge on any atom is -0.452 e. The highest BCUT2D eigenvalue weighted by molar-refractivity contribution is 5.99. The van der Waals surface area contributed by atoms with Gasteiger partial charge < -0.3 is 15.8 Å². The minimum absolute atomic E-state index is 0.273. The number of nitrogens with two attached hydrogens (primary N) is 1. The lowest BCUT2D eigenvalue weighted by Crippen LogP contribution is -2.37. The van der Waals surface area contributed by atoms with Gasteiger partial charge in [-0.1, -0.05) is 24.3 Å². The van der Waals surface area contributed by atoms with Crippen LogP contribution in [0.2, 0.25) is 0 Å². The molecule has 0 atom stereocenters. The quantitative estimate of drug-likeness (QED) is 0.723. The average Bonchev–Trinajstić information content (AvgIpc) is 2.57. The van der Waals surface area contributed by atoms with E-state index in [1.54, 1.807) is 24.3 Å². The maximum absolute atomic E-state index is 12.2. The second-order valence-electron chi connectivity index (χ2n) is 5.41. The maximum Gasteiger partial charge on any atom is 0.340 e. The molecule has 2 aromatic rings. The van der Waals surface area contributed by atoms with Crippen molar-refractivity contribution < 1.29 is 19.1 Å². The molecule has 7 nitrogen and oxygen atoms in total. The number of benzene rings is 2. The van der Waals surface area contributed by atoms with Crippen LogP contribution in [0, 0.1) is 13.8 Å². The summed E-state index contributed by atoms with van der Waals surface area (Å²) in [4.78, 5) is 34.2. The number of rotatable bonds is 5. The molecule has 7 heteroatoms. The SMILES string of the molecule is Cc1cccc(Nc2ccccc2C(=O)OCC(=O)NC(N)=O)c1C. The second kappa shape index (κ2) is 7.96. The third-order valence-corrected chi connectivity index (χ3v) is 3.62. The number of para-hydroxylation sites is 1. The number of carbonyl (C=O) groups excluding carboxylic acids is 3. The molecule has 2 aromatic carbocycles. The van der Waals surface area contributed by atoms with Crippen molar-refractivity contribution >= 4 is 29.3 Å². The molecule has 0 saturated heterocycles. The molecule has 0 aliphatic rings. The van der Waals surface area contributed by atoms with Crippen molar-refractivity contribution in [3.63, 3.8) is 0 Å². The Balaban J connectivity index is 2.14. The van der Waals surface area contributed by atoms with E-state index in [4.69, 9.17) is 10.5 Å². The number of nitrogens with one attached hydrogen (secondary N) is 2. The predicted molar refractivity (Wildman–Crippen MR) is 93.6 cm³/mol. The van der Waals surface area contributed by atoms with Crippen LogP contribution >= 0.6 is 0 Å². The van der Waals surface area contributed by atoms with E-state index in [1.807, 2.05) is 37.4 Å². The van der Waals surface area contributed by atoms with Gasteiger partial charge in [0.05, 0.1) is 11.3 Å². The van der Waals surface area contributed by atoms with Gasteiger partial charge in [0.25, 0.3) is 5.91 Å². The first-order chi connectivity index (χ1) is 11.9. The highest BCUT2D eigenvalue weighted by Gasteiger charge is 2.15. The average molecular weight is 341 g/mol. The van der Waals surface area contributed by atoms with Gasteiger partial charge in [-0.2, -0.15) is 0 Å². The Morgan fingerprint density at radius 2 is 1.68 bits per heavy atom. The van der Waals surface area contributed by atoms with Crippen molar-refractivity contribution in [3.8, 4) is 0 Å². The highest BCUT2D eigenvalue weighted by atomic mass is 16.5. The van der Waals surface area contributed by atoms with Gasteiger partial charge in [0.15, 0.2) is 6.61 Å². The number of hydrogen-bond donors (Lipinski definition) is 3. The van der Waals surface area contributed by atoms with E-state index < -0.39 is 24.5 Å². The fourth-order valence-corrected chi connectivity index (χ4v) is 2.18. The maximum atomic E-state index is 12.2. The summed E-state index contributed by atoms with van der Waals surface area (Å²) in [6.07, 6.45) is 0. The number of urea groups is 1. The van der Waals surface area contributed by atoms with Crippen molar-refractivity contribution in [1.29, 1.82) is 0 Å². The molecule has 2 rings (SSSR count). The van der Waals surface area contributed by atoms with Crippen LogP contribution in [0.3, 0.4) is 0 Å². The fourth-order valence-electron chi connectivity index (χ4n) is 2.18. The number of amides is 3. The molecule has 0 aliphatic carbocycles. The number of carbonyl (C=O) groups is 3. The Kier molecular flexibility index (Phi) is 5.73. The van der Waals surface area contributed by atoms with E-state index in [-0.39, 0.29) is 5.56 Å². The molecule has 0 saturated carbocycles. The Bertz CT molecular complexity index is 818. The molecule has 0 aliphatic heterocycles. The van der Waals surface area contributed by atoms with Gasteiger partial charge in [-0.05, 0) is 43.2 Å². The van der Waals surface area contributed by atoms with Gasteiger partial charge in [-0.3, -0.25) is 10.1 Å². The molecule has 0 bridgehead atoms. The van der Waals surface area contributed by atoms with Crippen molar-refractivity contribution in [3.05, 3.63) is 59.2 Å². The molecule has 0 radical (unpaired) electrons. The van der Waals surface area contributed by atoms with E-state index in [0.717, 1.165) is 16.8 Å². The van der Waals surface area contributed by atoms with Gasteiger partial charge in [0.2, 0.25) is 0 Å². The fraction of sp³-hybridized carbons (Fsp3) is 0.167. The Morgan fingerprint density at radius 3 is 2.40 bits per heavy atom. The van der Waals surface area contributed by atoms with Crippen molar-refractivity contribution in [2.45, 2.75) is 13.8 Å². The molecule has 0 heterocycles. The molecular weight excluding hydrogens is 322 g/mol. The number of anilines is 2. The first kappa shape index (κ1) is 18.0. The molecular formula is C18H19N3O4. The molecule has 0 aromatic heterocycles. The molecule has 25 heavy (non-hydrogen) atoms. The minimum atomic E-state index is -1.00. The molecule has 0 fully saturated rings. The highest BCUT2D eigenvalue weighted by Crippen LogP contribution is 2.25. The van der Waals surface area contributed by atoms with Crippen LogP contribution in [0.1, 0.15) is 21.5 Å². The topological polar surface area (TPSA) is 111 Å². The smallest absolute Gasteiger partial charge is 0.340 e. The number of ether oxygens (including phenoxy) is 1. The van der Waals surface area contributed by atoms with E-state index >= 15 is 0 Å². The van der Waals surface area contributed by atoms with Gasteiger partial charge >= 0.3 is 12.0 Å². The molecule has 0 spiro atoms. The van der Waals surface area contributed by atoms with E-state index in [9.17, 15) is 14.4 Å². The summed E-state index contributed by atoms with van der Waals surface area (Å²) in [6.45, 7) is 3.38. The summed E-state index contributed by atoms with van der Waals surface area (Å²) < 4.78 is 4.92. The number of hydrogen-bond acceptors (Lipinski definition) is 5. The first-order valence-electron chi connectivity index (χ1n) is 7.57. The summed E-state index contributed by atoms with van der Waals surface area (Å²) in [6, 6.07) is 11.6. The second-order valence-corrected chi connectivity index (χ2v) is 5.41. The number of primary amides is 1. The van der Waals surface area contributed by atoms with E-state index in [0.29, 0.717) is 5.69 Å². The standard InChI is InChI=1S/C18H19N3O4/c1-11-6-5-9-14(12(11)2)20-15-8-4-3-7-13(15)17(23)25-10-16(22)21-18(19)24/h3-9,20H,10H2,1-2H3,(H3,19,21,22,24). The lowest BCUT2D eigenvalue weighted by atomic mass is 10.1. The van der Waals surface area contributed by atoms with Crippen LogP contribution in [-0.2, 0) is 9.53 Å². The first-order valence-corrected chi connectivity index (χ1v) is 7.57. The number of esters is 1. The van der Waals surface area contributed by atoms with Gasteiger partial charge in [0, 0.05) is 5.69 Å². The van der Waals surface area contributed by atoms with Gasteiger partial charge in [-0.25, -0.2) is 9.59 Å². The van der Waals surface area contributed by atoms with E-state index in [2.05, 4.69) is 5.32 Å². The van der Waals surface area contributed by atoms with Crippen LogP contribution in [-0.4, -0.2) is 24.5 Å². The Hall–Kier alpha value is -3.35. The van der Waals surface area contributed by atoms with Crippen molar-refractivity contribution in [2.24, 2.45) is 5.73 Å². The predicted octanol–water partition coefficient (Wildman–Crippen LogP) is 2.40. The van der Waals surface area contributed by atoms with Crippen LogP contribution in [0.4, 0.5) is 16.2 Å². The third-order valence-electron chi connectivity index (χ3n) is 3.62. The van der Waals surface area contributed by atoms with Crippen LogP contribution in [0.5, 0.6) is 0 Å². The summed E-state index contributed by atoms with van der Waals surface area (Å²) in [5.41, 5.74) is 8.70. The summed E-state index contributed by atoms with van der Waals surface area (Å²) in [5, 5.41) is 5.03. The zero-order valence-electron chi connectivity index (χ0n) is 14.0. The lowest BCUT2D eigenvalue weighted by Gasteiger charge is -2.14. The zero-order chi connectivity index (χ0) is 18.4. The largest absolute Gasteiger partial charge is 0.452 e. The monoisotopic (exact) mass is 341 g/mol. The molecule has 4 N–H and O–H groups in total. The van der Waals surface area contributed by atoms with Crippen LogP contribution < -0.4 is 16.4 Å². The zero-order valence-corrected chi connectivity index (χ0v) is 14.0. The van der Waals surface area contributed by atoms with Gasteiger partial charge in [-0.15, -0.1) is 0 Å². The van der Waals surface area contributed by atoms with Crippen molar-refractivity contribution in [2.75, 3.05) is 11.9 Å². The van der Waals surface area contributed by atoms with Crippen LogP contribution in [0.25, 0.3) is 0 Å². The molecule has 130 valence electrons. The van der Waals surface area contributed by atoms with Crippen LogP contribution in [0.15, 0.2) is 42.5 Å². The number of imide groups is 1. The summed E-state index contributed by atoms with van der Waals surface area (Å²) >= 11 is 0. The normalized spacial score (nSPS) is 10.0. The lowest BCUT2D eigenvalue weighted by molar-refractivity contribution is -0.123. The molecule has 0 unspecified atom stereocenters. The third kappa shape index (κ3) is 4.81. The van der Waals surface area contributed by atoms with Gasteiger partial charge in [0.1, 0.15) is 0 Å². The Morgan fingerprint density at radius 1 is 1.00 bits per heavy atom. The Labute approximate surface area is 145 Å². The summed E-state index contributed by atoms with van der Waals surface area (Å²) in [5.74, 6) is -1.48. The molecule has 3 amide bonds.